The highest BCUT2D eigenvalue weighted by Crippen LogP contribution is 2.37. The van der Waals surface area contributed by atoms with Gasteiger partial charge in [0.15, 0.2) is 0 Å². The van der Waals surface area contributed by atoms with Crippen molar-refractivity contribution >= 4 is 23.1 Å². The summed E-state index contributed by atoms with van der Waals surface area (Å²) in [6, 6.07) is 19.8. The predicted molar refractivity (Wildman–Crippen MR) is 128 cm³/mol. The second-order valence-corrected chi connectivity index (χ2v) is 8.67. The summed E-state index contributed by atoms with van der Waals surface area (Å²) in [5.74, 6) is -0.384. The van der Waals surface area contributed by atoms with Gasteiger partial charge in [-0.2, -0.15) is 0 Å². The molecule has 164 valence electrons. The van der Waals surface area contributed by atoms with E-state index in [2.05, 4.69) is 6.92 Å². The first-order chi connectivity index (χ1) is 15.6. The van der Waals surface area contributed by atoms with Crippen molar-refractivity contribution in [3.8, 4) is 0 Å². The molecule has 0 amide bonds. The Morgan fingerprint density at radius 3 is 1.56 bits per heavy atom. The summed E-state index contributed by atoms with van der Waals surface area (Å²) in [6.07, 6.45) is 6.86. The highest BCUT2D eigenvalue weighted by atomic mass is 19.1. The molecule has 1 aliphatic rings. The van der Waals surface area contributed by atoms with Crippen molar-refractivity contribution in [1.29, 1.82) is 0 Å². The highest BCUT2D eigenvalue weighted by Gasteiger charge is 2.30. The Kier molecular flexibility index (Phi) is 7.19. The van der Waals surface area contributed by atoms with Crippen LogP contribution in [0.2, 0.25) is 0 Å². The van der Waals surface area contributed by atoms with Crippen LogP contribution in [0.25, 0.3) is 5.47 Å². The first-order valence-corrected chi connectivity index (χ1v) is 11.6. The van der Waals surface area contributed by atoms with Crippen LogP contribution in [0.15, 0.2) is 78.4 Å². The number of hydrogen-bond acceptors (Lipinski definition) is 0. The van der Waals surface area contributed by atoms with E-state index >= 15 is 0 Å². The fourth-order valence-corrected chi connectivity index (χ4v) is 5.15. The zero-order valence-electron chi connectivity index (χ0n) is 18.5. The summed E-state index contributed by atoms with van der Waals surface area (Å²) in [7, 11) is 0. The van der Waals surface area contributed by atoms with Crippen molar-refractivity contribution in [2.45, 2.75) is 45.4 Å². The minimum absolute atomic E-state index is 0.196. The summed E-state index contributed by atoms with van der Waals surface area (Å²) >= 11 is 0. The fraction of sp³-hybridized carbons (Fsp3) is 0.286. The molecule has 4 rings (SSSR count). The average Bonchev–Trinajstić information content (AvgIpc) is 2.82. The Hall–Kier alpha value is -2.75. The van der Waals surface area contributed by atoms with Crippen LogP contribution in [0.5, 0.6) is 0 Å². The number of allylic oxidation sites excluding steroid dienone is 1. The van der Waals surface area contributed by atoms with Gasteiger partial charge in [0.05, 0.1) is 0 Å². The van der Waals surface area contributed by atoms with E-state index in [-0.39, 0.29) is 24.2 Å². The lowest BCUT2D eigenvalue weighted by molar-refractivity contribution is 0.398. The molecule has 3 aromatic rings. The van der Waals surface area contributed by atoms with E-state index in [9.17, 15) is 13.2 Å². The van der Waals surface area contributed by atoms with E-state index in [1.165, 1.54) is 61.2 Å². The van der Waals surface area contributed by atoms with Crippen LogP contribution in [0.4, 0.5) is 13.2 Å². The molecule has 0 spiro atoms. The third-order valence-corrected chi connectivity index (χ3v) is 6.68. The lowest BCUT2D eigenvalue weighted by atomic mass is 9.34. The molecule has 3 aromatic carbocycles. The molecule has 0 heterocycles. The second kappa shape index (κ2) is 10.2. The first kappa shape index (κ1) is 22.4. The largest absolute Gasteiger partial charge is 0.241 e. The molecule has 1 aliphatic carbocycles. The summed E-state index contributed by atoms with van der Waals surface area (Å²) in [4.78, 5) is 0. The molecule has 0 atom stereocenters. The normalized spacial score (nSPS) is 15.4. The minimum atomic E-state index is -0.290. The van der Waals surface area contributed by atoms with E-state index in [1.807, 2.05) is 12.1 Å². The topological polar surface area (TPSA) is 0 Å². The second-order valence-electron chi connectivity index (χ2n) is 8.67. The van der Waals surface area contributed by atoms with Gasteiger partial charge in [-0.05, 0) is 67.1 Å². The molecule has 0 N–H and O–H groups in total. The average molecular weight is 432 g/mol. The van der Waals surface area contributed by atoms with Gasteiger partial charge < -0.3 is 0 Å². The van der Waals surface area contributed by atoms with Gasteiger partial charge >= 0.3 is 0 Å². The molecule has 1 fully saturated rings. The summed E-state index contributed by atoms with van der Waals surface area (Å²) in [5.41, 5.74) is 5.36. The van der Waals surface area contributed by atoms with Crippen molar-refractivity contribution in [3.05, 3.63) is 101 Å². The lowest BCUT2D eigenvalue weighted by Gasteiger charge is -2.30. The SMILES string of the molecule is CC/C(=C(\B(c1ccc(F)cc1)c1ccc(F)cc1)c1ccc(F)cc1)C1CCCCC1. The van der Waals surface area contributed by atoms with Crippen molar-refractivity contribution in [2.75, 3.05) is 0 Å². The maximum Gasteiger partial charge on any atom is 0.241 e. The van der Waals surface area contributed by atoms with Crippen LogP contribution in [-0.2, 0) is 0 Å². The number of hydrogen-bond donors (Lipinski definition) is 0. The molecular weight excluding hydrogens is 404 g/mol. The van der Waals surface area contributed by atoms with Gasteiger partial charge in [-0.3, -0.25) is 0 Å². The Morgan fingerprint density at radius 1 is 0.688 bits per heavy atom. The van der Waals surface area contributed by atoms with Gasteiger partial charge in [0.2, 0.25) is 6.71 Å². The molecule has 0 saturated heterocycles. The third-order valence-electron chi connectivity index (χ3n) is 6.68. The number of rotatable bonds is 6. The molecule has 4 heteroatoms. The quantitative estimate of drug-likeness (QED) is 0.381. The summed E-state index contributed by atoms with van der Waals surface area (Å²) in [6.45, 7) is 1.98. The van der Waals surface area contributed by atoms with Crippen molar-refractivity contribution in [1.82, 2.24) is 0 Å². The van der Waals surface area contributed by atoms with E-state index in [4.69, 9.17) is 0 Å². The maximum atomic E-state index is 13.8. The molecule has 0 aromatic heterocycles. The number of halogens is 3. The van der Waals surface area contributed by atoms with Gasteiger partial charge in [0.25, 0.3) is 0 Å². The van der Waals surface area contributed by atoms with Gasteiger partial charge in [-0.1, -0.05) is 84.6 Å². The van der Waals surface area contributed by atoms with Gasteiger partial charge in [-0.15, -0.1) is 0 Å². The van der Waals surface area contributed by atoms with Crippen LogP contribution < -0.4 is 10.9 Å². The Balaban J connectivity index is 1.97. The molecule has 0 unspecified atom stereocenters. The standard InChI is InChI=1S/C28H28BF3/c1-2-27(20-6-4-3-5-7-20)28(21-8-14-24(30)15-9-21)29(22-10-16-25(31)17-11-22)23-12-18-26(32)19-13-23/h8-20H,2-7H2,1H3/b28-27+. The van der Waals surface area contributed by atoms with Gasteiger partial charge in [-0.25, -0.2) is 13.2 Å². The Bertz CT molecular complexity index is 1000. The highest BCUT2D eigenvalue weighted by molar-refractivity contribution is 6.99. The fourth-order valence-electron chi connectivity index (χ4n) is 5.15. The molecule has 1 saturated carbocycles. The van der Waals surface area contributed by atoms with Crippen LogP contribution in [0, 0.1) is 23.4 Å². The van der Waals surface area contributed by atoms with Crippen LogP contribution in [0.1, 0.15) is 51.0 Å². The molecule has 0 nitrogen and oxygen atoms in total. The molecule has 0 bridgehead atoms. The number of benzene rings is 3. The van der Waals surface area contributed by atoms with Crippen molar-refractivity contribution in [3.63, 3.8) is 0 Å². The van der Waals surface area contributed by atoms with Crippen molar-refractivity contribution in [2.24, 2.45) is 5.92 Å². The van der Waals surface area contributed by atoms with E-state index in [1.54, 1.807) is 24.3 Å². The Labute approximate surface area is 189 Å². The predicted octanol–water partition coefficient (Wildman–Crippen LogP) is 6.70. The zero-order chi connectivity index (χ0) is 22.5. The monoisotopic (exact) mass is 432 g/mol. The van der Waals surface area contributed by atoms with E-state index in [0.717, 1.165) is 41.2 Å². The molecule has 32 heavy (non-hydrogen) atoms. The van der Waals surface area contributed by atoms with Gasteiger partial charge in [0, 0.05) is 0 Å². The summed E-state index contributed by atoms with van der Waals surface area (Å²) < 4.78 is 41.4. The maximum absolute atomic E-state index is 13.8. The lowest BCUT2D eigenvalue weighted by Crippen LogP contribution is -2.44. The third kappa shape index (κ3) is 5.01. The zero-order valence-corrected chi connectivity index (χ0v) is 18.5. The summed E-state index contributed by atoms with van der Waals surface area (Å²) in [5, 5.41) is 0. The molecule has 0 radical (unpaired) electrons. The van der Waals surface area contributed by atoms with E-state index in [0.29, 0.717) is 5.92 Å². The van der Waals surface area contributed by atoms with E-state index < -0.39 is 0 Å². The molecule has 0 aliphatic heterocycles. The van der Waals surface area contributed by atoms with Crippen LogP contribution in [-0.4, -0.2) is 6.71 Å². The first-order valence-electron chi connectivity index (χ1n) is 11.6. The minimum Gasteiger partial charge on any atom is -0.207 e. The molecular formula is C28H28BF3. The van der Waals surface area contributed by atoms with Crippen LogP contribution >= 0.6 is 0 Å². The smallest absolute Gasteiger partial charge is 0.207 e. The van der Waals surface area contributed by atoms with Gasteiger partial charge in [0.1, 0.15) is 17.5 Å². The van der Waals surface area contributed by atoms with Crippen molar-refractivity contribution < 1.29 is 13.2 Å². The Morgan fingerprint density at radius 2 is 1.12 bits per heavy atom. The van der Waals surface area contributed by atoms with Crippen LogP contribution in [0.3, 0.4) is 0 Å².